The largest absolute Gasteiger partial charge is 0.351 e. The molecule has 0 aliphatic carbocycles. The van der Waals surface area contributed by atoms with Crippen LogP contribution < -0.4 is 11.3 Å². The lowest BCUT2D eigenvalue weighted by molar-refractivity contribution is -0.157. The van der Waals surface area contributed by atoms with Gasteiger partial charge in [-0.15, -0.1) is 0 Å². The van der Waals surface area contributed by atoms with Gasteiger partial charge in [0.2, 0.25) is 0 Å². The van der Waals surface area contributed by atoms with E-state index in [2.05, 4.69) is 17.3 Å². The highest BCUT2D eigenvalue weighted by Gasteiger charge is 2.26. The van der Waals surface area contributed by atoms with Crippen LogP contribution in [0.4, 0.5) is 0 Å². The zero-order valence-electron chi connectivity index (χ0n) is 10.7. The molecule has 0 saturated carbocycles. The number of hydrogen-bond donors (Lipinski definition) is 2. The van der Waals surface area contributed by atoms with Gasteiger partial charge in [-0.1, -0.05) is 0 Å². The first-order valence-corrected chi connectivity index (χ1v) is 5.98. The molecular formula is C11H22N4O2. The normalized spacial score (nSPS) is 13.2. The summed E-state index contributed by atoms with van der Waals surface area (Å²) in [4.78, 5) is 4.30. The maximum atomic E-state index is 5.59. The van der Waals surface area contributed by atoms with E-state index in [1.807, 2.05) is 24.6 Å². The van der Waals surface area contributed by atoms with Crippen molar-refractivity contribution in [3.8, 4) is 0 Å². The predicted octanol–water partition coefficient (Wildman–Crippen LogP) is 0.807. The maximum Gasteiger partial charge on any atom is 0.181 e. The van der Waals surface area contributed by atoms with Crippen molar-refractivity contribution >= 4 is 0 Å². The number of ether oxygens (including phenoxy) is 2. The van der Waals surface area contributed by atoms with Crippen LogP contribution in [0.15, 0.2) is 12.4 Å². The Bertz CT molecular complexity index is 310. The minimum atomic E-state index is -0.428. The topological polar surface area (TPSA) is 74.3 Å². The molecule has 1 unspecified atom stereocenters. The third kappa shape index (κ3) is 3.50. The van der Waals surface area contributed by atoms with E-state index >= 15 is 0 Å². The van der Waals surface area contributed by atoms with Gasteiger partial charge in [0.1, 0.15) is 11.9 Å². The molecule has 0 fully saturated rings. The Hall–Kier alpha value is -0.950. The molecule has 17 heavy (non-hydrogen) atoms. The van der Waals surface area contributed by atoms with Gasteiger partial charge in [0.25, 0.3) is 0 Å². The molecule has 1 rings (SSSR count). The summed E-state index contributed by atoms with van der Waals surface area (Å²) in [6.07, 6.45) is 3.23. The van der Waals surface area contributed by atoms with Crippen LogP contribution in [-0.4, -0.2) is 29.1 Å². The molecule has 0 radical (unpaired) electrons. The Morgan fingerprint density at radius 2 is 2.00 bits per heavy atom. The lowest BCUT2D eigenvalue weighted by Crippen LogP contribution is -2.41. The van der Waals surface area contributed by atoms with Crippen LogP contribution >= 0.6 is 0 Å². The van der Waals surface area contributed by atoms with Crippen molar-refractivity contribution in [2.75, 3.05) is 13.2 Å². The van der Waals surface area contributed by atoms with E-state index in [4.69, 9.17) is 15.3 Å². The molecule has 0 spiro atoms. The molecule has 1 heterocycles. The molecule has 0 aromatic carbocycles. The van der Waals surface area contributed by atoms with Crippen molar-refractivity contribution in [1.29, 1.82) is 0 Å². The number of hydrogen-bond acceptors (Lipinski definition) is 5. The average Bonchev–Trinajstić information content (AvgIpc) is 2.79. The van der Waals surface area contributed by atoms with Crippen molar-refractivity contribution in [2.45, 2.75) is 39.6 Å². The fourth-order valence-corrected chi connectivity index (χ4v) is 1.71. The van der Waals surface area contributed by atoms with Crippen LogP contribution in [-0.2, 0) is 16.0 Å². The number of aryl methyl sites for hydroxylation is 1. The van der Waals surface area contributed by atoms with Gasteiger partial charge in [0, 0.05) is 32.2 Å². The van der Waals surface area contributed by atoms with Gasteiger partial charge in [0.05, 0.1) is 0 Å². The van der Waals surface area contributed by atoms with Gasteiger partial charge in [-0.2, -0.15) is 0 Å². The minimum Gasteiger partial charge on any atom is -0.351 e. The Balaban J connectivity index is 2.87. The summed E-state index contributed by atoms with van der Waals surface area (Å²) in [6, 6.07) is -0.273. The third-order valence-electron chi connectivity index (χ3n) is 2.48. The standard InChI is InChI=1S/C11H22N4O2/c1-4-15-8-7-13-10(15)9(14-12)11(16-5-2)17-6-3/h7-9,11,14H,4-6,12H2,1-3H3. The lowest BCUT2D eigenvalue weighted by atomic mass is 10.2. The van der Waals surface area contributed by atoms with Gasteiger partial charge >= 0.3 is 0 Å². The van der Waals surface area contributed by atoms with E-state index in [0.29, 0.717) is 13.2 Å². The zero-order chi connectivity index (χ0) is 12.7. The van der Waals surface area contributed by atoms with Crippen molar-refractivity contribution in [3.63, 3.8) is 0 Å². The number of hydrazine groups is 1. The molecule has 3 N–H and O–H groups in total. The first-order valence-electron chi connectivity index (χ1n) is 5.98. The molecule has 1 aromatic heterocycles. The molecule has 1 atom stereocenters. The molecular weight excluding hydrogens is 220 g/mol. The second-order valence-corrected chi connectivity index (χ2v) is 3.49. The van der Waals surface area contributed by atoms with Crippen LogP contribution in [0.25, 0.3) is 0 Å². The molecule has 98 valence electrons. The molecule has 0 aliphatic rings. The highest BCUT2D eigenvalue weighted by Crippen LogP contribution is 2.18. The number of nitrogens with two attached hydrogens (primary N) is 1. The highest BCUT2D eigenvalue weighted by molar-refractivity contribution is 5.00. The van der Waals surface area contributed by atoms with Crippen molar-refractivity contribution < 1.29 is 9.47 Å². The van der Waals surface area contributed by atoms with Gasteiger partial charge < -0.3 is 14.0 Å². The van der Waals surface area contributed by atoms with Gasteiger partial charge in [-0.3, -0.25) is 5.84 Å². The number of rotatable bonds is 8. The van der Waals surface area contributed by atoms with Gasteiger partial charge in [-0.05, 0) is 20.8 Å². The first-order chi connectivity index (χ1) is 8.28. The second-order valence-electron chi connectivity index (χ2n) is 3.49. The smallest absolute Gasteiger partial charge is 0.181 e. The Morgan fingerprint density at radius 1 is 1.35 bits per heavy atom. The summed E-state index contributed by atoms with van der Waals surface area (Å²) in [7, 11) is 0. The van der Waals surface area contributed by atoms with Crippen LogP contribution in [0.1, 0.15) is 32.6 Å². The Labute approximate surface area is 102 Å². The van der Waals surface area contributed by atoms with E-state index in [0.717, 1.165) is 12.4 Å². The molecule has 0 aliphatic heterocycles. The second kappa shape index (κ2) is 7.39. The van der Waals surface area contributed by atoms with E-state index in [1.54, 1.807) is 6.20 Å². The monoisotopic (exact) mass is 242 g/mol. The molecule has 6 nitrogen and oxygen atoms in total. The minimum absolute atomic E-state index is 0.273. The van der Waals surface area contributed by atoms with Crippen LogP contribution in [0.2, 0.25) is 0 Å². The number of nitrogens with one attached hydrogen (secondary N) is 1. The predicted molar refractivity (Wildman–Crippen MR) is 65.0 cm³/mol. The molecule has 1 aromatic rings. The molecule has 6 heteroatoms. The maximum absolute atomic E-state index is 5.59. The van der Waals surface area contributed by atoms with Gasteiger partial charge in [0.15, 0.2) is 6.29 Å². The van der Waals surface area contributed by atoms with Crippen molar-refractivity contribution in [3.05, 3.63) is 18.2 Å². The number of imidazole rings is 1. The Kier molecular flexibility index (Phi) is 6.13. The van der Waals surface area contributed by atoms with Crippen LogP contribution in [0.5, 0.6) is 0 Å². The number of aromatic nitrogens is 2. The van der Waals surface area contributed by atoms with E-state index < -0.39 is 6.29 Å². The fourth-order valence-electron chi connectivity index (χ4n) is 1.71. The van der Waals surface area contributed by atoms with E-state index in [1.165, 1.54) is 0 Å². The summed E-state index contributed by atoms with van der Waals surface area (Å²) in [6.45, 7) is 7.86. The summed E-state index contributed by atoms with van der Waals surface area (Å²) >= 11 is 0. The average molecular weight is 242 g/mol. The molecule has 0 saturated heterocycles. The van der Waals surface area contributed by atoms with E-state index in [-0.39, 0.29) is 6.04 Å². The first kappa shape index (κ1) is 14.1. The number of nitrogens with zero attached hydrogens (tertiary/aromatic N) is 2. The lowest BCUT2D eigenvalue weighted by Gasteiger charge is -2.26. The Morgan fingerprint density at radius 3 is 2.47 bits per heavy atom. The fraction of sp³-hybridized carbons (Fsp3) is 0.727. The summed E-state index contributed by atoms with van der Waals surface area (Å²) in [5.41, 5.74) is 2.72. The van der Waals surface area contributed by atoms with Crippen LogP contribution in [0, 0.1) is 0 Å². The third-order valence-corrected chi connectivity index (χ3v) is 2.48. The zero-order valence-corrected chi connectivity index (χ0v) is 10.7. The van der Waals surface area contributed by atoms with Crippen molar-refractivity contribution in [1.82, 2.24) is 15.0 Å². The van der Waals surface area contributed by atoms with E-state index in [9.17, 15) is 0 Å². The van der Waals surface area contributed by atoms with Crippen molar-refractivity contribution in [2.24, 2.45) is 5.84 Å². The quantitative estimate of drug-likeness (QED) is 0.401. The molecule has 0 bridgehead atoms. The van der Waals surface area contributed by atoms with Gasteiger partial charge in [-0.25, -0.2) is 10.4 Å². The summed E-state index contributed by atoms with van der Waals surface area (Å²) in [5, 5.41) is 0. The molecule has 0 amide bonds. The SMILES string of the molecule is CCOC(OCC)C(NN)c1nccn1CC. The van der Waals surface area contributed by atoms with Crippen LogP contribution in [0.3, 0.4) is 0 Å². The highest BCUT2D eigenvalue weighted by atomic mass is 16.7. The summed E-state index contributed by atoms with van der Waals surface area (Å²) < 4.78 is 13.1. The summed E-state index contributed by atoms with van der Waals surface area (Å²) in [5.74, 6) is 6.41.